The third-order valence-electron chi connectivity index (χ3n) is 3.16. The Morgan fingerprint density at radius 2 is 2.04 bits per heavy atom. The van der Waals surface area contributed by atoms with Crippen LogP contribution in [0.1, 0.15) is 24.0 Å². The smallest absolute Gasteiger partial charge is 0.220 e. The molecule has 0 aliphatic heterocycles. The third-order valence-corrected chi connectivity index (χ3v) is 3.65. The standard InChI is InChI=1S/C18H17BrN2O2/c19-16-6-2-7-17(11-16)23-9-3-8-18(22)21-13-15-5-1-4-14(10-15)12-20/h1-2,4-7,10-11H,3,8-9,13H2,(H,21,22). The molecule has 0 spiro atoms. The summed E-state index contributed by atoms with van der Waals surface area (Å²) in [4.78, 5) is 11.8. The van der Waals surface area contributed by atoms with Crippen LogP contribution in [0, 0.1) is 11.3 Å². The van der Waals surface area contributed by atoms with Gasteiger partial charge in [-0.2, -0.15) is 5.26 Å². The molecule has 0 radical (unpaired) electrons. The second kappa shape index (κ2) is 8.96. The van der Waals surface area contributed by atoms with Crippen LogP contribution in [0.3, 0.4) is 0 Å². The summed E-state index contributed by atoms with van der Waals surface area (Å²) >= 11 is 3.38. The molecular formula is C18H17BrN2O2. The van der Waals surface area contributed by atoms with Crippen molar-refractivity contribution in [3.63, 3.8) is 0 Å². The molecule has 0 fully saturated rings. The molecule has 2 rings (SSSR count). The molecule has 1 N–H and O–H groups in total. The summed E-state index contributed by atoms with van der Waals surface area (Å²) < 4.78 is 6.55. The van der Waals surface area contributed by atoms with Crippen molar-refractivity contribution in [2.24, 2.45) is 0 Å². The van der Waals surface area contributed by atoms with Crippen LogP contribution in [0.5, 0.6) is 5.75 Å². The average Bonchev–Trinajstić information content (AvgIpc) is 2.57. The van der Waals surface area contributed by atoms with Crippen LogP contribution >= 0.6 is 15.9 Å². The van der Waals surface area contributed by atoms with E-state index in [0.717, 1.165) is 15.8 Å². The molecule has 0 aliphatic rings. The first-order chi connectivity index (χ1) is 11.2. The van der Waals surface area contributed by atoms with Crippen LogP contribution in [0.15, 0.2) is 53.0 Å². The van der Waals surface area contributed by atoms with Crippen molar-refractivity contribution in [1.82, 2.24) is 5.32 Å². The molecule has 0 atom stereocenters. The van der Waals surface area contributed by atoms with E-state index in [1.807, 2.05) is 36.4 Å². The zero-order chi connectivity index (χ0) is 16.5. The predicted octanol–water partition coefficient (Wildman–Crippen LogP) is 3.80. The molecule has 0 saturated carbocycles. The van der Waals surface area contributed by atoms with Crippen molar-refractivity contribution in [1.29, 1.82) is 5.26 Å². The lowest BCUT2D eigenvalue weighted by atomic mass is 10.1. The van der Waals surface area contributed by atoms with E-state index in [2.05, 4.69) is 27.3 Å². The molecule has 0 unspecified atom stereocenters. The van der Waals surface area contributed by atoms with Gasteiger partial charge in [-0.1, -0.05) is 34.1 Å². The van der Waals surface area contributed by atoms with E-state index in [4.69, 9.17) is 10.00 Å². The summed E-state index contributed by atoms with van der Waals surface area (Å²) in [6, 6.07) is 16.9. The minimum absolute atomic E-state index is 0.0230. The van der Waals surface area contributed by atoms with E-state index in [-0.39, 0.29) is 5.91 Å². The Hall–Kier alpha value is -2.32. The largest absolute Gasteiger partial charge is 0.494 e. The van der Waals surface area contributed by atoms with Gasteiger partial charge in [0, 0.05) is 17.4 Å². The monoisotopic (exact) mass is 372 g/mol. The summed E-state index contributed by atoms with van der Waals surface area (Å²) in [7, 11) is 0. The fourth-order valence-corrected chi connectivity index (χ4v) is 2.40. The number of halogens is 1. The van der Waals surface area contributed by atoms with Crippen LogP contribution in [-0.4, -0.2) is 12.5 Å². The SMILES string of the molecule is N#Cc1cccc(CNC(=O)CCCOc2cccc(Br)c2)c1. The number of ether oxygens (including phenoxy) is 1. The number of carbonyl (C=O) groups excluding carboxylic acids is 1. The van der Waals surface area contributed by atoms with Crippen molar-refractivity contribution < 1.29 is 9.53 Å². The maximum Gasteiger partial charge on any atom is 0.220 e. The number of nitriles is 1. The number of benzene rings is 2. The number of rotatable bonds is 7. The summed E-state index contributed by atoms with van der Waals surface area (Å²) in [5, 5.41) is 11.7. The Bertz CT molecular complexity index is 710. The zero-order valence-corrected chi connectivity index (χ0v) is 14.2. The summed E-state index contributed by atoms with van der Waals surface area (Å²) in [6.07, 6.45) is 1.06. The molecule has 1 amide bonds. The highest BCUT2D eigenvalue weighted by atomic mass is 79.9. The molecule has 118 valence electrons. The number of hydrogen-bond acceptors (Lipinski definition) is 3. The van der Waals surface area contributed by atoms with E-state index in [9.17, 15) is 4.79 Å². The Balaban J connectivity index is 1.66. The molecule has 2 aromatic rings. The van der Waals surface area contributed by atoms with Gasteiger partial charge in [-0.3, -0.25) is 4.79 Å². The predicted molar refractivity (Wildman–Crippen MR) is 91.9 cm³/mol. The first-order valence-corrected chi connectivity index (χ1v) is 8.11. The molecule has 4 nitrogen and oxygen atoms in total. The molecule has 0 heterocycles. The van der Waals surface area contributed by atoms with Gasteiger partial charge in [-0.15, -0.1) is 0 Å². The Kier molecular flexibility index (Phi) is 6.64. The minimum Gasteiger partial charge on any atom is -0.494 e. The lowest BCUT2D eigenvalue weighted by molar-refractivity contribution is -0.121. The van der Waals surface area contributed by atoms with E-state index >= 15 is 0 Å². The maximum atomic E-state index is 11.8. The zero-order valence-electron chi connectivity index (χ0n) is 12.6. The van der Waals surface area contributed by atoms with Gasteiger partial charge in [0.05, 0.1) is 18.2 Å². The van der Waals surface area contributed by atoms with Crippen LogP contribution in [0.2, 0.25) is 0 Å². The Labute approximate surface area is 144 Å². The fourth-order valence-electron chi connectivity index (χ4n) is 2.02. The molecule has 2 aromatic carbocycles. The third kappa shape index (κ3) is 6.13. The molecular weight excluding hydrogens is 356 g/mol. The van der Waals surface area contributed by atoms with Crippen molar-refractivity contribution in [3.8, 4) is 11.8 Å². The molecule has 0 bridgehead atoms. The van der Waals surface area contributed by atoms with Gasteiger partial charge in [-0.05, 0) is 42.3 Å². The van der Waals surface area contributed by atoms with Gasteiger partial charge in [0.2, 0.25) is 5.91 Å². The second-order valence-electron chi connectivity index (χ2n) is 5.00. The quantitative estimate of drug-likeness (QED) is 0.751. The van der Waals surface area contributed by atoms with E-state index < -0.39 is 0 Å². The van der Waals surface area contributed by atoms with Gasteiger partial charge < -0.3 is 10.1 Å². The van der Waals surface area contributed by atoms with E-state index in [1.54, 1.807) is 12.1 Å². The number of hydrogen-bond donors (Lipinski definition) is 1. The number of nitrogens with zero attached hydrogens (tertiary/aromatic N) is 1. The fraction of sp³-hybridized carbons (Fsp3) is 0.222. The topological polar surface area (TPSA) is 62.1 Å². The Morgan fingerprint density at radius 3 is 2.83 bits per heavy atom. The van der Waals surface area contributed by atoms with Gasteiger partial charge >= 0.3 is 0 Å². The van der Waals surface area contributed by atoms with Gasteiger partial charge in [0.25, 0.3) is 0 Å². The maximum absolute atomic E-state index is 11.8. The van der Waals surface area contributed by atoms with Crippen LogP contribution in [-0.2, 0) is 11.3 Å². The molecule has 0 aromatic heterocycles. The van der Waals surface area contributed by atoms with Crippen molar-refractivity contribution in [2.45, 2.75) is 19.4 Å². The highest BCUT2D eigenvalue weighted by Crippen LogP contribution is 2.17. The van der Waals surface area contributed by atoms with Crippen molar-refractivity contribution in [2.75, 3.05) is 6.61 Å². The van der Waals surface area contributed by atoms with Crippen molar-refractivity contribution >= 4 is 21.8 Å². The lowest BCUT2D eigenvalue weighted by Gasteiger charge is -2.07. The number of amides is 1. The highest BCUT2D eigenvalue weighted by molar-refractivity contribution is 9.10. The lowest BCUT2D eigenvalue weighted by Crippen LogP contribution is -2.23. The normalized spacial score (nSPS) is 9.91. The minimum atomic E-state index is -0.0230. The van der Waals surface area contributed by atoms with E-state index in [0.29, 0.717) is 31.6 Å². The average molecular weight is 373 g/mol. The van der Waals surface area contributed by atoms with Gasteiger partial charge in [-0.25, -0.2) is 0 Å². The van der Waals surface area contributed by atoms with Crippen molar-refractivity contribution in [3.05, 3.63) is 64.1 Å². The van der Waals surface area contributed by atoms with Crippen LogP contribution in [0.4, 0.5) is 0 Å². The summed E-state index contributed by atoms with van der Waals surface area (Å²) in [6.45, 7) is 0.925. The van der Waals surface area contributed by atoms with Crippen LogP contribution < -0.4 is 10.1 Å². The second-order valence-corrected chi connectivity index (χ2v) is 5.91. The molecule has 5 heteroatoms. The van der Waals surface area contributed by atoms with Crippen LogP contribution in [0.25, 0.3) is 0 Å². The van der Waals surface area contributed by atoms with Gasteiger partial charge in [0.1, 0.15) is 5.75 Å². The molecule has 23 heavy (non-hydrogen) atoms. The van der Waals surface area contributed by atoms with E-state index in [1.165, 1.54) is 0 Å². The first-order valence-electron chi connectivity index (χ1n) is 7.31. The molecule has 0 saturated heterocycles. The molecule has 0 aliphatic carbocycles. The number of carbonyl (C=O) groups is 1. The summed E-state index contributed by atoms with van der Waals surface area (Å²) in [5.41, 5.74) is 1.52. The van der Waals surface area contributed by atoms with Gasteiger partial charge in [0.15, 0.2) is 0 Å². The summed E-state index contributed by atoms with van der Waals surface area (Å²) in [5.74, 6) is 0.762. The number of nitrogens with one attached hydrogen (secondary N) is 1. The first kappa shape index (κ1) is 17.0. The Morgan fingerprint density at radius 1 is 1.22 bits per heavy atom. The highest BCUT2D eigenvalue weighted by Gasteiger charge is 2.03.